The molecule has 0 saturated carbocycles. The summed E-state index contributed by atoms with van der Waals surface area (Å²) < 4.78 is 47.0. The molecule has 1 amide bonds. The van der Waals surface area contributed by atoms with Crippen molar-refractivity contribution in [3.8, 4) is 5.75 Å². The quantitative estimate of drug-likeness (QED) is 0.627. The predicted molar refractivity (Wildman–Crippen MR) is 105 cm³/mol. The highest BCUT2D eigenvalue weighted by atomic mass is 19.4. The highest BCUT2D eigenvalue weighted by Gasteiger charge is 2.43. The fourth-order valence-corrected chi connectivity index (χ4v) is 4.03. The summed E-state index contributed by atoms with van der Waals surface area (Å²) in [6.45, 7) is 0.136. The van der Waals surface area contributed by atoms with Crippen LogP contribution < -0.4 is 4.74 Å². The molecule has 9 heteroatoms. The maximum Gasteiger partial charge on any atom is 0.451 e. The maximum absolute atomic E-state index is 13.5. The van der Waals surface area contributed by atoms with E-state index in [4.69, 9.17) is 4.74 Å². The maximum atomic E-state index is 13.5. The van der Waals surface area contributed by atoms with E-state index in [1.54, 1.807) is 41.3 Å². The van der Waals surface area contributed by atoms with E-state index < -0.39 is 18.0 Å². The number of amides is 1. The SMILES string of the molecule is O=C(C1=Cc2ccccc2OC1)N1CCn2c(nnc2C(F)(F)F)C1c1ccccc1. The number of aromatic nitrogens is 3. The molecule has 0 N–H and O–H groups in total. The first-order valence-corrected chi connectivity index (χ1v) is 9.72. The first kappa shape index (κ1) is 19.3. The van der Waals surface area contributed by atoms with Gasteiger partial charge in [0.15, 0.2) is 5.82 Å². The summed E-state index contributed by atoms with van der Waals surface area (Å²) in [5.74, 6) is -0.571. The molecular weight excluding hydrogens is 409 g/mol. The molecule has 1 unspecified atom stereocenters. The molecule has 5 rings (SSSR count). The van der Waals surface area contributed by atoms with E-state index >= 15 is 0 Å². The number of rotatable bonds is 2. The summed E-state index contributed by atoms with van der Waals surface area (Å²) in [7, 11) is 0. The monoisotopic (exact) mass is 426 g/mol. The Kier molecular flexibility index (Phi) is 4.53. The number of para-hydroxylation sites is 1. The number of fused-ring (bicyclic) bond motifs is 2. The topological polar surface area (TPSA) is 60.2 Å². The lowest BCUT2D eigenvalue weighted by Gasteiger charge is -2.37. The summed E-state index contributed by atoms with van der Waals surface area (Å²) in [6, 6.07) is 15.5. The van der Waals surface area contributed by atoms with E-state index in [1.807, 2.05) is 24.3 Å². The zero-order chi connectivity index (χ0) is 21.6. The minimum Gasteiger partial charge on any atom is -0.488 e. The number of nitrogens with zero attached hydrogens (tertiary/aromatic N) is 4. The van der Waals surface area contributed by atoms with E-state index in [-0.39, 0.29) is 31.4 Å². The molecule has 3 heterocycles. The third kappa shape index (κ3) is 3.35. The lowest BCUT2D eigenvalue weighted by Crippen LogP contribution is -2.45. The predicted octanol–water partition coefficient (Wildman–Crippen LogP) is 3.70. The number of hydrogen-bond donors (Lipinski definition) is 0. The van der Waals surface area contributed by atoms with Crippen molar-refractivity contribution in [3.05, 3.63) is 82.9 Å². The van der Waals surface area contributed by atoms with Crippen LogP contribution in [0.15, 0.2) is 60.2 Å². The zero-order valence-electron chi connectivity index (χ0n) is 16.2. The van der Waals surface area contributed by atoms with Gasteiger partial charge in [-0.2, -0.15) is 13.2 Å². The minimum absolute atomic E-state index is 0.0447. The van der Waals surface area contributed by atoms with Gasteiger partial charge in [-0.1, -0.05) is 48.5 Å². The Hall–Kier alpha value is -3.62. The number of ether oxygens (including phenoxy) is 1. The molecule has 2 aliphatic rings. The summed E-state index contributed by atoms with van der Waals surface area (Å²) in [6.07, 6.45) is -2.86. The molecule has 158 valence electrons. The van der Waals surface area contributed by atoms with Crippen LogP contribution in [-0.2, 0) is 17.5 Å². The summed E-state index contributed by atoms with van der Waals surface area (Å²) >= 11 is 0. The van der Waals surface area contributed by atoms with E-state index in [1.165, 1.54) is 0 Å². The first-order valence-electron chi connectivity index (χ1n) is 9.72. The molecule has 6 nitrogen and oxygen atoms in total. The van der Waals surface area contributed by atoms with Gasteiger partial charge in [0.2, 0.25) is 5.82 Å². The van der Waals surface area contributed by atoms with Gasteiger partial charge in [-0.3, -0.25) is 4.79 Å². The van der Waals surface area contributed by atoms with Gasteiger partial charge in [-0.25, -0.2) is 0 Å². The van der Waals surface area contributed by atoms with E-state index in [0.717, 1.165) is 10.1 Å². The largest absolute Gasteiger partial charge is 0.488 e. The van der Waals surface area contributed by atoms with Crippen LogP contribution in [0.1, 0.15) is 28.8 Å². The van der Waals surface area contributed by atoms with Crippen LogP contribution >= 0.6 is 0 Å². The molecule has 0 bridgehead atoms. The second-order valence-corrected chi connectivity index (χ2v) is 7.34. The van der Waals surface area contributed by atoms with Crippen molar-refractivity contribution in [1.29, 1.82) is 0 Å². The van der Waals surface area contributed by atoms with Crippen molar-refractivity contribution in [3.63, 3.8) is 0 Å². The van der Waals surface area contributed by atoms with Crippen molar-refractivity contribution in [1.82, 2.24) is 19.7 Å². The van der Waals surface area contributed by atoms with Crippen LogP contribution in [0.25, 0.3) is 6.08 Å². The summed E-state index contributed by atoms with van der Waals surface area (Å²) in [5, 5.41) is 7.23. The zero-order valence-corrected chi connectivity index (χ0v) is 16.2. The van der Waals surface area contributed by atoms with Gasteiger partial charge in [-0.05, 0) is 17.7 Å². The van der Waals surface area contributed by atoms with Crippen LogP contribution in [0.2, 0.25) is 0 Å². The molecule has 0 radical (unpaired) electrons. The molecule has 0 spiro atoms. The van der Waals surface area contributed by atoms with Crippen molar-refractivity contribution in [2.75, 3.05) is 13.2 Å². The van der Waals surface area contributed by atoms with Gasteiger partial charge in [0.25, 0.3) is 5.91 Å². The van der Waals surface area contributed by atoms with Crippen molar-refractivity contribution >= 4 is 12.0 Å². The Labute approximate surface area is 175 Å². The standard InChI is InChI=1S/C22H17F3N4O2/c23-22(24,25)21-27-26-19-18(14-6-2-1-3-7-14)28(10-11-29(19)21)20(30)16-12-15-8-4-5-9-17(15)31-13-16/h1-9,12,18H,10-11,13H2. The summed E-state index contributed by atoms with van der Waals surface area (Å²) in [4.78, 5) is 15.0. The number of alkyl halides is 3. The number of benzene rings is 2. The van der Waals surface area contributed by atoms with Crippen LogP contribution in [-0.4, -0.2) is 38.7 Å². The first-order chi connectivity index (χ1) is 14.9. The van der Waals surface area contributed by atoms with E-state index in [9.17, 15) is 18.0 Å². The van der Waals surface area contributed by atoms with Crippen LogP contribution in [0.3, 0.4) is 0 Å². The molecule has 1 aromatic heterocycles. The van der Waals surface area contributed by atoms with Crippen LogP contribution in [0.5, 0.6) is 5.75 Å². The highest BCUT2D eigenvalue weighted by molar-refractivity contribution is 5.99. The van der Waals surface area contributed by atoms with Gasteiger partial charge in [-0.15, -0.1) is 10.2 Å². The Bertz CT molecular complexity index is 1170. The lowest BCUT2D eigenvalue weighted by molar-refractivity contribution is -0.148. The van der Waals surface area contributed by atoms with Gasteiger partial charge in [0.1, 0.15) is 18.4 Å². The average Bonchev–Trinajstić information content (AvgIpc) is 3.23. The third-order valence-corrected chi connectivity index (χ3v) is 5.44. The van der Waals surface area contributed by atoms with Crippen LogP contribution in [0, 0.1) is 0 Å². The van der Waals surface area contributed by atoms with Gasteiger partial charge in [0.05, 0.1) is 5.57 Å². The Morgan fingerprint density at radius 1 is 1.00 bits per heavy atom. The second-order valence-electron chi connectivity index (χ2n) is 7.34. The second kappa shape index (κ2) is 7.26. The van der Waals surface area contributed by atoms with Crippen LogP contribution in [0.4, 0.5) is 13.2 Å². The van der Waals surface area contributed by atoms with Gasteiger partial charge < -0.3 is 14.2 Å². The molecule has 1 atom stereocenters. The van der Waals surface area contributed by atoms with Crippen molar-refractivity contribution < 1.29 is 22.7 Å². The Balaban J connectivity index is 1.57. The number of carbonyl (C=O) groups is 1. The van der Waals surface area contributed by atoms with Gasteiger partial charge >= 0.3 is 6.18 Å². The van der Waals surface area contributed by atoms with Crippen molar-refractivity contribution in [2.45, 2.75) is 18.8 Å². The average molecular weight is 426 g/mol. The van der Waals surface area contributed by atoms with Crippen molar-refractivity contribution in [2.24, 2.45) is 0 Å². The summed E-state index contributed by atoms with van der Waals surface area (Å²) in [5.41, 5.74) is 1.88. The minimum atomic E-state index is -4.62. The van der Waals surface area contributed by atoms with Gasteiger partial charge in [0, 0.05) is 18.7 Å². The highest BCUT2D eigenvalue weighted by Crippen LogP contribution is 2.37. The lowest BCUT2D eigenvalue weighted by atomic mass is 10.00. The molecular formula is C22H17F3N4O2. The molecule has 2 aliphatic heterocycles. The Morgan fingerprint density at radius 3 is 2.52 bits per heavy atom. The molecule has 2 aromatic carbocycles. The third-order valence-electron chi connectivity index (χ3n) is 5.44. The number of hydrogen-bond acceptors (Lipinski definition) is 4. The molecule has 0 saturated heterocycles. The normalized spacial score (nSPS) is 18.0. The van der Waals surface area contributed by atoms with E-state index in [0.29, 0.717) is 16.9 Å². The molecule has 3 aromatic rings. The molecule has 31 heavy (non-hydrogen) atoms. The fourth-order valence-electron chi connectivity index (χ4n) is 4.03. The smallest absolute Gasteiger partial charge is 0.451 e. The van der Waals surface area contributed by atoms with E-state index in [2.05, 4.69) is 10.2 Å². The Morgan fingerprint density at radius 2 is 1.74 bits per heavy atom. The number of halogens is 3. The fraction of sp³-hybridized carbons (Fsp3) is 0.227. The molecule has 0 fully saturated rings. The number of carbonyl (C=O) groups excluding carboxylic acids is 1. The molecule has 0 aliphatic carbocycles.